The van der Waals surface area contributed by atoms with Crippen LogP contribution in [-0.4, -0.2) is 42.3 Å². The van der Waals surface area contributed by atoms with Crippen LogP contribution in [0.5, 0.6) is 0 Å². The summed E-state index contributed by atoms with van der Waals surface area (Å²) in [5.41, 5.74) is 3.65. The maximum atomic E-state index is 13.1. The van der Waals surface area contributed by atoms with Crippen molar-refractivity contribution in [3.63, 3.8) is 0 Å². The second-order valence-electron chi connectivity index (χ2n) is 9.17. The molecule has 7 heteroatoms. The highest BCUT2D eigenvalue weighted by atomic mass is 16.5. The number of carboxylic acid groups (broad SMARTS) is 1. The lowest BCUT2D eigenvalue weighted by atomic mass is 9.81. The van der Waals surface area contributed by atoms with E-state index in [1.807, 2.05) is 45.0 Å². The highest BCUT2D eigenvalue weighted by molar-refractivity contribution is 5.88. The Balaban J connectivity index is 1.62. The average Bonchev–Trinajstić information content (AvgIpc) is 3.19. The molecule has 0 aliphatic heterocycles. The molecule has 0 bridgehead atoms. The number of fused-ring (bicyclic) bond motifs is 3. The molecule has 0 saturated carbocycles. The molecule has 3 rings (SSSR count). The summed E-state index contributed by atoms with van der Waals surface area (Å²) in [5, 5.41) is 14.9. The zero-order valence-electron chi connectivity index (χ0n) is 20.8. The summed E-state index contributed by atoms with van der Waals surface area (Å²) < 4.78 is 5.60. The van der Waals surface area contributed by atoms with Crippen LogP contribution in [0.1, 0.15) is 69.9 Å². The van der Waals surface area contributed by atoms with Gasteiger partial charge < -0.3 is 20.5 Å². The Labute approximate surface area is 207 Å². The van der Waals surface area contributed by atoms with E-state index in [9.17, 15) is 19.5 Å². The predicted molar refractivity (Wildman–Crippen MR) is 135 cm³/mol. The Kier molecular flexibility index (Phi) is 8.90. The highest BCUT2D eigenvalue weighted by Crippen LogP contribution is 2.44. The summed E-state index contributed by atoms with van der Waals surface area (Å²) >= 11 is 0. The monoisotopic (exact) mass is 480 g/mol. The fourth-order valence-corrected chi connectivity index (χ4v) is 4.77. The standard InChI is InChI=1S/C28H36N2O5/c1-4-7-16-24(25(31)32)30-26(33)28(5-2,6-3)18-29-27(34)35-17-23-21-14-10-8-12-19(21)20-13-9-11-15-22(20)23/h8-15,23-24H,4-7,16-18H2,1-3H3,(H,29,34)(H,30,33)(H,31,32)/t24-/m0/s1. The van der Waals surface area contributed by atoms with Gasteiger partial charge in [0.05, 0.1) is 5.41 Å². The number of carboxylic acids is 1. The number of hydrogen-bond acceptors (Lipinski definition) is 4. The first-order chi connectivity index (χ1) is 16.9. The predicted octanol–water partition coefficient (Wildman–Crippen LogP) is 5.09. The molecule has 0 fully saturated rings. The molecule has 3 N–H and O–H groups in total. The fourth-order valence-electron chi connectivity index (χ4n) is 4.77. The number of carbonyl (C=O) groups is 3. The van der Waals surface area contributed by atoms with Crippen molar-refractivity contribution in [1.82, 2.24) is 10.6 Å². The Hall–Kier alpha value is -3.35. The number of amides is 2. The van der Waals surface area contributed by atoms with Crippen LogP contribution < -0.4 is 10.6 Å². The minimum absolute atomic E-state index is 0.0477. The van der Waals surface area contributed by atoms with Crippen LogP contribution in [0, 0.1) is 5.41 Å². The van der Waals surface area contributed by atoms with E-state index in [-0.39, 0.29) is 25.0 Å². The molecule has 0 aromatic heterocycles. The molecule has 0 saturated heterocycles. The minimum Gasteiger partial charge on any atom is -0.480 e. The minimum atomic E-state index is -1.04. The number of unbranched alkanes of at least 4 members (excludes halogenated alkanes) is 1. The third-order valence-corrected chi connectivity index (χ3v) is 7.20. The van der Waals surface area contributed by atoms with Gasteiger partial charge in [0.15, 0.2) is 0 Å². The highest BCUT2D eigenvalue weighted by Gasteiger charge is 2.37. The Morgan fingerprint density at radius 1 is 0.971 bits per heavy atom. The van der Waals surface area contributed by atoms with Gasteiger partial charge in [0.1, 0.15) is 12.6 Å². The SMILES string of the molecule is CCCC[C@H](NC(=O)C(CC)(CC)CNC(=O)OCC1c2ccccc2-c2ccccc21)C(=O)O. The van der Waals surface area contributed by atoms with E-state index in [0.717, 1.165) is 28.7 Å². The molecule has 0 unspecified atom stereocenters. The molecule has 35 heavy (non-hydrogen) atoms. The van der Waals surface area contributed by atoms with Crippen molar-refractivity contribution in [2.45, 2.75) is 64.8 Å². The molecular weight excluding hydrogens is 444 g/mol. The van der Waals surface area contributed by atoms with Crippen molar-refractivity contribution in [1.29, 1.82) is 0 Å². The van der Waals surface area contributed by atoms with E-state index in [1.54, 1.807) is 0 Å². The molecule has 2 aromatic rings. The third kappa shape index (κ3) is 5.84. The summed E-state index contributed by atoms with van der Waals surface area (Å²) in [5.74, 6) is -1.45. The lowest BCUT2D eigenvalue weighted by molar-refractivity contribution is -0.144. The largest absolute Gasteiger partial charge is 0.480 e. The fraction of sp³-hybridized carbons (Fsp3) is 0.464. The summed E-state index contributed by atoms with van der Waals surface area (Å²) in [6.45, 7) is 5.97. The summed E-state index contributed by atoms with van der Waals surface area (Å²) in [4.78, 5) is 37.3. The van der Waals surface area contributed by atoms with E-state index >= 15 is 0 Å². The van der Waals surface area contributed by atoms with Gasteiger partial charge in [0.2, 0.25) is 5.91 Å². The van der Waals surface area contributed by atoms with Crippen molar-refractivity contribution in [2.75, 3.05) is 13.2 Å². The zero-order valence-corrected chi connectivity index (χ0v) is 20.8. The second-order valence-corrected chi connectivity index (χ2v) is 9.17. The number of aliphatic carboxylic acids is 1. The van der Waals surface area contributed by atoms with Gasteiger partial charge in [0, 0.05) is 12.5 Å². The molecule has 0 spiro atoms. The third-order valence-electron chi connectivity index (χ3n) is 7.20. The molecule has 1 atom stereocenters. The van der Waals surface area contributed by atoms with Gasteiger partial charge in [-0.15, -0.1) is 0 Å². The summed E-state index contributed by atoms with van der Waals surface area (Å²) in [6, 6.07) is 15.3. The second kappa shape index (κ2) is 11.9. The van der Waals surface area contributed by atoms with Crippen LogP contribution in [0.2, 0.25) is 0 Å². The van der Waals surface area contributed by atoms with E-state index in [2.05, 4.69) is 34.9 Å². The van der Waals surface area contributed by atoms with Gasteiger partial charge in [0.25, 0.3) is 0 Å². The summed E-state index contributed by atoms with van der Waals surface area (Å²) in [7, 11) is 0. The Bertz CT molecular complexity index is 1000. The molecule has 2 amide bonds. The number of nitrogens with one attached hydrogen (secondary N) is 2. The molecule has 2 aromatic carbocycles. The lowest BCUT2D eigenvalue weighted by Crippen LogP contribution is -2.52. The molecule has 0 heterocycles. The van der Waals surface area contributed by atoms with E-state index < -0.39 is 23.5 Å². The first kappa shape index (κ1) is 26.3. The van der Waals surface area contributed by atoms with Crippen molar-refractivity contribution in [3.05, 3.63) is 59.7 Å². The average molecular weight is 481 g/mol. The van der Waals surface area contributed by atoms with E-state index in [1.165, 1.54) is 0 Å². The molecule has 1 aliphatic carbocycles. The van der Waals surface area contributed by atoms with Crippen LogP contribution in [0.15, 0.2) is 48.5 Å². The molecule has 188 valence electrons. The van der Waals surface area contributed by atoms with Crippen LogP contribution in [0.4, 0.5) is 4.79 Å². The quantitative estimate of drug-likeness (QED) is 0.392. The van der Waals surface area contributed by atoms with Gasteiger partial charge in [-0.25, -0.2) is 9.59 Å². The topological polar surface area (TPSA) is 105 Å². The number of rotatable bonds is 12. The van der Waals surface area contributed by atoms with E-state index in [4.69, 9.17) is 4.74 Å². The molecule has 1 aliphatic rings. The number of hydrogen-bond donors (Lipinski definition) is 3. The van der Waals surface area contributed by atoms with Crippen molar-refractivity contribution < 1.29 is 24.2 Å². The van der Waals surface area contributed by atoms with Crippen LogP contribution >= 0.6 is 0 Å². The van der Waals surface area contributed by atoms with Gasteiger partial charge in [-0.1, -0.05) is 82.1 Å². The van der Waals surface area contributed by atoms with Crippen molar-refractivity contribution in [2.24, 2.45) is 5.41 Å². The number of alkyl carbamates (subject to hydrolysis) is 1. The Morgan fingerprint density at radius 3 is 2.06 bits per heavy atom. The normalized spacial score (nSPS) is 13.5. The van der Waals surface area contributed by atoms with Gasteiger partial charge in [-0.2, -0.15) is 0 Å². The molecule has 7 nitrogen and oxygen atoms in total. The van der Waals surface area contributed by atoms with Crippen molar-refractivity contribution in [3.8, 4) is 11.1 Å². The maximum Gasteiger partial charge on any atom is 0.407 e. The maximum absolute atomic E-state index is 13.1. The van der Waals surface area contributed by atoms with Crippen LogP contribution in [0.3, 0.4) is 0 Å². The number of benzene rings is 2. The van der Waals surface area contributed by atoms with Gasteiger partial charge in [-0.05, 0) is 41.5 Å². The first-order valence-electron chi connectivity index (χ1n) is 12.5. The van der Waals surface area contributed by atoms with Crippen LogP contribution in [0.25, 0.3) is 11.1 Å². The van der Waals surface area contributed by atoms with Gasteiger partial charge >= 0.3 is 12.1 Å². The number of carbonyl (C=O) groups excluding carboxylic acids is 2. The van der Waals surface area contributed by atoms with Crippen molar-refractivity contribution >= 4 is 18.0 Å². The molecule has 0 radical (unpaired) electrons. The Morgan fingerprint density at radius 2 is 1.54 bits per heavy atom. The number of ether oxygens (including phenoxy) is 1. The zero-order chi connectivity index (χ0) is 25.4. The van der Waals surface area contributed by atoms with Crippen LogP contribution in [-0.2, 0) is 14.3 Å². The first-order valence-corrected chi connectivity index (χ1v) is 12.5. The summed E-state index contributed by atoms with van der Waals surface area (Å²) in [6.07, 6.45) is 2.25. The molecular formula is C28H36N2O5. The van der Waals surface area contributed by atoms with Gasteiger partial charge in [-0.3, -0.25) is 4.79 Å². The van der Waals surface area contributed by atoms with E-state index in [0.29, 0.717) is 25.7 Å². The smallest absolute Gasteiger partial charge is 0.407 e. The lowest BCUT2D eigenvalue weighted by Gasteiger charge is -2.31.